The summed E-state index contributed by atoms with van der Waals surface area (Å²) in [6, 6.07) is 8.37. The summed E-state index contributed by atoms with van der Waals surface area (Å²) in [5.41, 5.74) is 4.52. The van der Waals surface area contributed by atoms with Crippen LogP contribution in [0.4, 0.5) is 5.69 Å². The second-order valence-corrected chi connectivity index (χ2v) is 4.87. The Morgan fingerprint density at radius 3 is 2.75 bits per heavy atom. The third-order valence-corrected chi connectivity index (χ3v) is 3.49. The number of nitrogens with zero attached hydrogens (tertiary/aromatic N) is 2. The number of H-pyrrole nitrogens is 1. The fourth-order valence-corrected chi connectivity index (χ4v) is 2.47. The number of hydrogen-bond donors (Lipinski definition) is 2. The Kier molecular flexibility index (Phi) is 4.79. The summed E-state index contributed by atoms with van der Waals surface area (Å²) < 4.78 is 0. The zero-order valence-corrected chi connectivity index (χ0v) is 12.4. The number of benzene rings is 1. The Hall–Kier alpha value is -1.81. The van der Waals surface area contributed by atoms with Crippen LogP contribution in [-0.4, -0.2) is 34.5 Å². The van der Waals surface area contributed by atoms with Gasteiger partial charge in [0.15, 0.2) is 0 Å². The van der Waals surface area contributed by atoms with E-state index in [1.165, 1.54) is 0 Å². The molecular formula is C16H23N3O. The molecule has 1 atom stereocenters. The summed E-state index contributed by atoms with van der Waals surface area (Å²) in [5.74, 6) is 0. The molecule has 2 N–H and O–H groups in total. The lowest BCUT2D eigenvalue weighted by Crippen LogP contribution is -2.20. The Labute approximate surface area is 120 Å². The van der Waals surface area contributed by atoms with Crippen LogP contribution in [0, 0.1) is 6.92 Å². The lowest BCUT2D eigenvalue weighted by atomic mass is 10.1. The lowest BCUT2D eigenvalue weighted by Gasteiger charge is -2.18. The maximum atomic E-state index is 9.60. The molecule has 1 saturated heterocycles. The fraction of sp³-hybridized carbons (Fsp3) is 0.438. The molecule has 108 valence electrons. The second-order valence-electron chi connectivity index (χ2n) is 4.87. The number of anilines is 1. The molecule has 1 aliphatic rings. The van der Waals surface area contributed by atoms with Gasteiger partial charge in [0, 0.05) is 24.3 Å². The fourth-order valence-electron chi connectivity index (χ4n) is 2.47. The van der Waals surface area contributed by atoms with Gasteiger partial charge >= 0.3 is 0 Å². The normalized spacial score (nSPS) is 17.8. The van der Waals surface area contributed by atoms with Crippen LogP contribution >= 0.6 is 0 Å². The molecule has 3 rings (SSSR count). The zero-order valence-electron chi connectivity index (χ0n) is 12.4. The predicted molar refractivity (Wildman–Crippen MR) is 82.9 cm³/mol. The number of aromatic nitrogens is 2. The molecule has 0 radical (unpaired) electrons. The first-order valence-electron chi connectivity index (χ1n) is 7.27. The maximum Gasteiger partial charge on any atom is 0.0731 e. The molecule has 0 spiro atoms. The number of β-amino-alcohol motifs (C(OH)–C–C–N with tert-alkyl or cyclic N) is 1. The predicted octanol–water partition coefficient (Wildman–Crippen LogP) is 2.98. The molecule has 1 aromatic carbocycles. The van der Waals surface area contributed by atoms with Crippen molar-refractivity contribution in [1.29, 1.82) is 0 Å². The zero-order chi connectivity index (χ0) is 14.5. The Morgan fingerprint density at radius 1 is 1.35 bits per heavy atom. The molecule has 20 heavy (non-hydrogen) atoms. The molecule has 4 nitrogen and oxygen atoms in total. The number of aromatic amines is 1. The van der Waals surface area contributed by atoms with E-state index in [0.29, 0.717) is 0 Å². The molecule has 0 saturated carbocycles. The van der Waals surface area contributed by atoms with Crippen molar-refractivity contribution in [2.24, 2.45) is 0 Å². The first-order chi connectivity index (χ1) is 9.74. The Morgan fingerprint density at radius 2 is 2.15 bits per heavy atom. The highest BCUT2D eigenvalue weighted by Crippen LogP contribution is 2.27. The van der Waals surface area contributed by atoms with Crippen LogP contribution in [0.5, 0.6) is 0 Å². The number of rotatable bonds is 2. The van der Waals surface area contributed by atoms with E-state index in [9.17, 15) is 5.11 Å². The molecule has 0 bridgehead atoms. The monoisotopic (exact) mass is 273 g/mol. The van der Waals surface area contributed by atoms with Crippen molar-refractivity contribution in [3.63, 3.8) is 0 Å². The van der Waals surface area contributed by atoms with Crippen LogP contribution in [0.15, 0.2) is 30.5 Å². The molecular weight excluding hydrogens is 250 g/mol. The van der Waals surface area contributed by atoms with Crippen molar-refractivity contribution >= 4 is 5.69 Å². The van der Waals surface area contributed by atoms with Gasteiger partial charge in [0.2, 0.25) is 0 Å². The highest BCUT2D eigenvalue weighted by atomic mass is 16.3. The highest BCUT2D eigenvalue weighted by Gasteiger charge is 2.20. The van der Waals surface area contributed by atoms with Crippen LogP contribution in [0.25, 0.3) is 11.3 Å². The molecule has 2 aromatic rings. The van der Waals surface area contributed by atoms with Crippen LogP contribution in [0.1, 0.15) is 25.8 Å². The van der Waals surface area contributed by atoms with Gasteiger partial charge in [-0.05, 0) is 31.0 Å². The van der Waals surface area contributed by atoms with Gasteiger partial charge in [-0.2, -0.15) is 5.10 Å². The SMILES string of the molecule is CC.Cc1cn[nH]c1-c1cccc(N2CCC(O)C2)c1. The number of aliphatic hydroxyl groups excluding tert-OH is 1. The summed E-state index contributed by atoms with van der Waals surface area (Å²) in [7, 11) is 0. The van der Waals surface area contributed by atoms with E-state index < -0.39 is 0 Å². The van der Waals surface area contributed by atoms with E-state index in [4.69, 9.17) is 0 Å². The number of aryl methyl sites for hydroxylation is 1. The van der Waals surface area contributed by atoms with Crippen molar-refractivity contribution in [3.05, 3.63) is 36.0 Å². The van der Waals surface area contributed by atoms with E-state index in [-0.39, 0.29) is 6.10 Å². The minimum absolute atomic E-state index is 0.192. The molecule has 0 aliphatic carbocycles. The van der Waals surface area contributed by atoms with Crippen molar-refractivity contribution in [1.82, 2.24) is 10.2 Å². The van der Waals surface area contributed by atoms with Gasteiger partial charge in [0.1, 0.15) is 0 Å². The molecule has 1 aromatic heterocycles. The van der Waals surface area contributed by atoms with Gasteiger partial charge < -0.3 is 10.0 Å². The van der Waals surface area contributed by atoms with E-state index in [0.717, 1.165) is 42.0 Å². The van der Waals surface area contributed by atoms with Crippen LogP contribution in [0.2, 0.25) is 0 Å². The second kappa shape index (κ2) is 6.57. The van der Waals surface area contributed by atoms with Gasteiger partial charge in [-0.25, -0.2) is 0 Å². The minimum atomic E-state index is -0.192. The van der Waals surface area contributed by atoms with Crippen molar-refractivity contribution in [3.8, 4) is 11.3 Å². The van der Waals surface area contributed by atoms with E-state index >= 15 is 0 Å². The van der Waals surface area contributed by atoms with Crippen LogP contribution in [0.3, 0.4) is 0 Å². The molecule has 4 heteroatoms. The van der Waals surface area contributed by atoms with Gasteiger partial charge in [0.05, 0.1) is 18.0 Å². The smallest absolute Gasteiger partial charge is 0.0731 e. The van der Waals surface area contributed by atoms with Gasteiger partial charge in [0.25, 0.3) is 0 Å². The summed E-state index contributed by atoms with van der Waals surface area (Å²) >= 11 is 0. The summed E-state index contributed by atoms with van der Waals surface area (Å²) in [5, 5.41) is 16.7. The van der Waals surface area contributed by atoms with Crippen molar-refractivity contribution in [2.75, 3.05) is 18.0 Å². The minimum Gasteiger partial charge on any atom is -0.391 e. The number of hydrogen-bond acceptors (Lipinski definition) is 3. The summed E-state index contributed by atoms with van der Waals surface area (Å²) in [6.45, 7) is 7.70. The largest absolute Gasteiger partial charge is 0.391 e. The van der Waals surface area contributed by atoms with Gasteiger partial charge in [-0.15, -0.1) is 0 Å². The molecule has 1 aliphatic heterocycles. The average Bonchev–Trinajstić information content (AvgIpc) is 3.10. The lowest BCUT2D eigenvalue weighted by molar-refractivity contribution is 0.198. The maximum absolute atomic E-state index is 9.60. The Bertz CT molecular complexity index is 550. The van der Waals surface area contributed by atoms with Gasteiger partial charge in [-0.3, -0.25) is 5.10 Å². The number of aliphatic hydroxyl groups is 1. The van der Waals surface area contributed by atoms with E-state index in [1.807, 2.05) is 27.0 Å². The first kappa shape index (κ1) is 14.6. The third kappa shape index (κ3) is 3.02. The Balaban J connectivity index is 0.000000704. The van der Waals surface area contributed by atoms with Gasteiger partial charge in [-0.1, -0.05) is 26.0 Å². The molecule has 1 unspecified atom stereocenters. The highest BCUT2D eigenvalue weighted by molar-refractivity contribution is 5.67. The number of nitrogens with one attached hydrogen (secondary N) is 1. The molecule has 0 amide bonds. The third-order valence-electron chi connectivity index (χ3n) is 3.49. The average molecular weight is 273 g/mol. The standard InChI is InChI=1S/C14H17N3O.C2H6/c1-10-8-15-16-14(10)11-3-2-4-12(7-11)17-6-5-13(18)9-17;1-2/h2-4,7-8,13,18H,5-6,9H2,1H3,(H,15,16);1-2H3. The topological polar surface area (TPSA) is 52.2 Å². The summed E-state index contributed by atoms with van der Waals surface area (Å²) in [4.78, 5) is 2.22. The molecule has 2 heterocycles. The molecule has 1 fully saturated rings. The van der Waals surface area contributed by atoms with Crippen LogP contribution < -0.4 is 4.90 Å². The van der Waals surface area contributed by atoms with E-state index in [2.05, 4.69) is 39.4 Å². The van der Waals surface area contributed by atoms with Crippen LogP contribution in [-0.2, 0) is 0 Å². The van der Waals surface area contributed by atoms with Crippen molar-refractivity contribution < 1.29 is 5.11 Å². The summed E-state index contributed by atoms with van der Waals surface area (Å²) in [6.07, 6.45) is 2.50. The van der Waals surface area contributed by atoms with Crippen molar-refractivity contribution in [2.45, 2.75) is 33.3 Å². The van der Waals surface area contributed by atoms with E-state index in [1.54, 1.807) is 0 Å². The quantitative estimate of drug-likeness (QED) is 0.884. The first-order valence-corrected chi connectivity index (χ1v) is 7.27.